The van der Waals surface area contributed by atoms with Crippen LogP contribution in [0.5, 0.6) is 0 Å². The second kappa shape index (κ2) is 5.41. The van der Waals surface area contributed by atoms with E-state index in [1.807, 2.05) is 17.7 Å². The molecule has 0 aromatic carbocycles. The third-order valence-corrected chi connectivity index (χ3v) is 4.77. The Morgan fingerprint density at radius 3 is 2.79 bits per heavy atom. The van der Waals surface area contributed by atoms with Crippen molar-refractivity contribution in [3.8, 4) is 0 Å². The molecule has 2 rings (SSSR count). The fraction of sp³-hybridized carbons (Fsp3) is 0.667. The van der Waals surface area contributed by atoms with Gasteiger partial charge in [-0.05, 0) is 48.0 Å². The van der Waals surface area contributed by atoms with Gasteiger partial charge in [-0.1, -0.05) is 25.5 Å². The van der Waals surface area contributed by atoms with Gasteiger partial charge in [-0.25, -0.2) is 0 Å². The summed E-state index contributed by atoms with van der Waals surface area (Å²) in [7, 11) is 0. The molecule has 0 spiro atoms. The molecule has 0 radical (unpaired) electrons. The first-order valence-electron chi connectivity index (χ1n) is 6.92. The quantitative estimate of drug-likeness (QED) is 0.861. The Morgan fingerprint density at radius 1 is 1.53 bits per heavy atom. The van der Waals surface area contributed by atoms with E-state index in [2.05, 4.69) is 41.8 Å². The zero-order valence-corrected chi connectivity index (χ0v) is 13.8. The van der Waals surface area contributed by atoms with Crippen molar-refractivity contribution in [1.82, 2.24) is 9.78 Å². The van der Waals surface area contributed by atoms with Crippen molar-refractivity contribution in [2.75, 3.05) is 0 Å². The third kappa shape index (κ3) is 3.29. The number of nitrogens with zero attached hydrogens (tertiary/aromatic N) is 2. The van der Waals surface area contributed by atoms with E-state index >= 15 is 0 Å². The summed E-state index contributed by atoms with van der Waals surface area (Å²) in [5.74, 6) is 0. The number of hydrogen-bond donors (Lipinski definition) is 1. The van der Waals surface area contributed by atoms with Crippen LogP contribution >= 0.6 is 15.9 Å². The van der Waals surface area contributed by atoms with E-state index in [9.17, 15) is 5.11 Å². The Morgan fingerprint density at radius 2 is 2.21 bits per heavy atom. The van der Waals surface area contributed by atoms with Crippen LogP contribution in [0.1, 0.15) is 45.0 Å². The number of hydrogen-bond acceptors (Lipinski definition) is 2. The van der Waals surface area contributed by atoms with E-state index in [-0.39, 0.29) is 11.5 Å². The van der Waals surface area contributed by atoms with Gasteiger partial charge in [0.1, 0.15) is 0 Å². The normalized spacial score (nSPS) is 22.4. The molecular formula is C15H23BrN2O. The van der Waals surface area contributed by atoms with Crippen LogP contribution in [0, 0.1) is 12.3 Å². The van der Waals surface area contributed by atoms with E-state index in [1.54, 1.807) is 0 Å². The summed E-state index contributed by atoms with van der Waals surface area (Å²) in [6, 6.07) is 0. The fourth-order valence-corrected chi connectivity index (χ4v) is 3.44. The molecule has 0 saturated heterocycles. The smallest absolute Gasteiger partial charge is 0.0738 e. The summed E-state index contributed by atoms with van der Waals surface area (Å²) in [6.45, 7) is 9.45. The highest BCUT2D eigenvalue weighted by Crippen LogP contribution is 2.37. The monoisotopic (exact) mass is 326 g/mol. The molecule has 1 aliphatic rings. The SMILES string of the molecule is CCn1nc(C)c(Br)c1CC1=CC(O)CC(C)(C)C1. The summed E-state index contributed by atoms with van der Waals surface area (Å²) in [6.07, 6.45) is 4.49. The molecule has 106 valence electrons. The minimum Gasteiger partial charge on any atom is -0.389 e. The summed E-state index contributed by atoms with van der Waals surface area (Å²) in [4.78, 5) is 0. The van der Waals surface area contributed by atoms with Crippen molar-refractivity contribution in [2.45, 2.75) is 59.6 Å². The maximum absolute atomic E-state index is 9.98. The highest BCUT2D eigenvalue weighted by Gasteiger charge is 2.28. The molecule has 0 bridgehead atoms. The van der Waals surface area contributed by atoms with Gasteiger partial charge in [0, 0.05) is 13.0 Å². The fourth-order valence-electron chi connectivity index (χ4n) is 3.02. The van der Waals surface area contributed by atoms with E-state index < -0.39 is 0 Å². The standard InChI is InChI=1S/C15H23BrN2O/c1-5-18-13(14(16)10(2)17-18)7-11-6-12(19)9-15(3,4)8-11/h6,12,19H,5,7-9H2,1-4H3. The van der Waals surface area contributed by atoms with Crippen molar-refractivity contribution >= 4 is 15.9 Å². The van der Waals surface area contributed by atoms with Crippen LogP contribution in [0.2, 0.25) is 0 Å². The first-order chi connectivity index (χ1) is 8.82. The van der Waals surface area contributed by atoms with Crippen molar-refractivity contribution in [1.29, 1.82) is 0 Å². The molecule has 0 saturated carbocycles. The minimum atomic E-state index is -0.309. The molecule has 1 aliphatic carbocycles. The van der Waals surface area contributed by atoms with Crippen LogP contribution < -0.4 is 0 Å². The highest BCUT2D eigenvalue weighted by atomic mass is 79.9. The topological polar surface area (TPSA) is 38.0 Å². The van der Waals surface area contributed by atoms with Gasteiger partial charge in [0.2, 0.25) is 0 Å². The summed E-state index contributed by atoms with van der Waals surface area (Å²) in [5.41, 5.74) is 3.76. The lowest BCUT2D eigenvalue weighted by Crippen LogP contribution is -2.25. The molecule has 0 fully saturated rings. The molecule has 1 aromatic rings. The van der Waals surface area contributed by atoms with Gasteiger partial charge in [0.25, 0.3) is 0 Å². The van der Waals surface area contributed by atoms with Gasteiger partial charge in [-0.15, -0.1) is 0 Å². The Bertz CT molecular complexity index is 502. The van der Waals surface area contributed by atoms with E-state index in [0.717, 1.165) is 36.0 Å². The number of rotatable bonds is 3. The van der Waals surface area contributed by atoms with E-state index in [0.29, 0.717) is 0 Å². The molecule has 4 heteroatoms. The van der Waals surface area contributed by atoms with Gasteiger partial charge in [0.15, 0.2) is 0 Å². The first kappa shape index (κ1) is 14.8. The molecule has 1 N–H and O–H groups in total. The molecule has 3 nitrogen and oxygen atoms in total. The molecule has 0 amide bonds. The largest absolute Gasteiger partial charge is 0.389 e. The molecular weight excluding hydrogens is 304 g/mol. The van der Waals surface area contributed by atoms with Crippen LogP contribution in [-0.4, -0.2) is 21.0 Å². The average Bonchev–Trinajstić information content (AvgIpc) is 2.54. The number of aromatic nitrogens is 2. The lowest BCUT2D eigenvalue weighted by molar-refractivity contribution is 0.138. The summed E-state index contributed by atoms with van der Waals surface area (Å²) < 4.78 is 3.15. The minimum absolute atomic E-state index is 0.183. The second-order valence-corrected chi connectivity index (χ2v) is 7.07. The highest BCUT2D eigenvalue weighted by molar-refractivity contribution is 9.10. The zero-order valence-electron chi connectivity index (χ0n) is 12.2. The second-order valence-electron chi connectivity index (χ2n) is 6.28. The Balaban J connectivity index is 2.26. The van der Waals surface area contributed by atoms with Gasteiger partial charge < -0.3 is 5.11 Å². The summed E-state index contributed by atoms with van der Waals surface area (Å²) in [5, 5.41) is 14.5. The zero-order chi connectivity index (χ0) is 14.2. The van der Waals surface area contributed by atoms with Gasteiger partial charge >= 0.3 is 0 Å². The summed E-state index contributed by atoms with van der Waals surface area (Å²) >= 11 is 3.64. The lowest BCUT2D eigenvalue weighted by atomic mass is 9.75. The van der Waals surface area contributed by atoms with Crippen molar-refractivity contribution < 1.29 is 5.11 Å². The molecule has 1 unspecified atom stereocenters. The Hall–Kier alpha value is -0.610. The van der Waals surface area contributed by atoms with Gasteiger partial charge in [0.05, 0.1) is 22.0 Å². The maximum Gasteiger partial charge on any atom is 0.0738 e. The molecule has 1 atom stereocenters. The van der Waals surface area contributed by atoms with Crippen molar-refractivity contribution in [3.63, 3.8) is 0 Å². The van der Waals surface area contributed by atoms with E-state index in [1.165, 1.54) is 11.3 Å². The van der Waals surface area contributed by atoms with Crippen LogP contribution in [0.4, 0.5) is 0 Å². The van der Waals surface area contributed by atoms with Crippen LogP contribution in [0.15, 0.2) is 16.1 Å². The van der Waals surface area contributed by atoms with Crippen LogP contribution in [0.25, 0.3) is 0 Å². The number of aryl methyl sites for hydroxylation is 2. The van der Waals surface area contributed by atoms with Gasteiger partial charge in [-0.2, -0.15) is 5.10 Å². The van der Waals surface area contributed by atoms with Gasteiger partial charge in [-0.3, -0.25) is 4.68 Å². The molecule has 1 heterocycles. The number of allylic oxidation sites excluding steroid dienone is 1. The third-order valence-electron chi connectivity index (χ3n) is 3.74. The Kier molecular flexibility index (Phi) is 4.21. The van der Waals surface area contributed by atoms with Crippen molar-refractivity contribution in [3.05, 3.63) is 27.5 Å². The molecule has 0 aliphatic heterocycles. The van der Waals surface area contributed by atoms with Crippen LogP contribution in [-0.2, 0) is 13.0 Å². The Labute approximate surface area is 123 Å². The average molecular weight is 327 g/mol. The number of aliphatic hydroxyl groups excluding tert-OH is 1. The van der Waals surface area contributed by atoms with E-state index in [4.69, 9.17) is 0 Å². The first-order valence-corrected chi connectivity index (χ1v) is 7.71. The lowest BCUT2D eigenvalue weighted by Gasteiger charge is -2.32. The van der Waals surface area contributed by atoms with Crippen molar-refractivity contribution in [2.24, 2.45) is 5.41 Å². The predicted octanol–water partition coefficient (Wildman–Crippen LogP) is 3.62. The maximum atomic E-state index is 9.98. The predicted molar refractivity (Wildman–Crippen MR) is 81.1 cm³/mol. The number of aliphatic hydroxyl groups is 1. The number of halogens is 1. The van der Waals surface area contributed by atoms with Crippen LogP contribution in [0.3, 0.4) is 0 Å². The molecule has 19 heavy (non-hydrogen) atoms. The molecule has 1 aromatic heterocycles.